The molecule has 0 spiro atoms. The molecule has 0 saturated carbocycles. The van der Waals surface area contributed by atoms with Gasteiger partial charge in [-0.1, -0.05) is 0 Å². The lowest BCUT2D eigenvalue weighted by Gasteiger charge is -2.08. The van der Waals surface area contributed by atoms with E-state index >= 15 is 0 Å². The smallest absolute Gasteiger partial charge is 0.264 e. The van der Waals surface area contributed by atoms with E-state index in [-0.39, 0.29) is 10.7 Å². The van der Waals surface area contributed by atoms with Gasteiger partial charge in [-0.2, -0.15) is 0 Å². The first kappa shape index (κ1) is 13.8. The first-order chi connectivity index (χ1) is 8.88. The summed E-state index contributed by atoms with van der Waals surface area (Å²) in [5, 5.41) is 0. The number of nitrogens with two attached hydrogens (primary N) is 1. The van der Waals surface area contributed by atoms with Crippen molar-refractivity contribution in [3.8, 4) is 0 Å². The third-order valence-electron chi connectivity index (χ3n) is 2.38. The van der Waals surface area contributed by atoms with Crippen molar-refractivity contribution in [2.24, 2.45) is 0 Å². The van der Waals surface area contributed by atoms with E-state index in [0.29, 0.717) is 10.2 Å². The molecule has 0 bridgehead atoms. The van der Waals surface area contributed by atoms with E-state index in [0.717, 1.165) is 5.56 Å². The molecule has 2 aromatic rings. The number of anilines is 2. The SMILES string of the molecule is Cc1cc(NS(=O)(=O)c2cncc(Br)c2)ncc1N. The number of sulfonamides is 1. The number of pyridine rings is 2. The molecular weight excluding hydrogens is 332 g/mol. The van der Waals surface area contributed by atoms with Crippen molar-refractivity contribution < 1.29 is 8.42 Å². The fourth-order valence-electron chi connectivity index (χ4n) is 1.36. The molecule has 8 heteroatoms. The lowest BCUT2D eigenvalue weighted by Crippen LogP contribution is -2.14. The number of halogens is 1. The van der Waals surface area contributed by atoms with Crippen molar-refractivity contribution >= 4 is 37.5 Å². The summed E-state index contributed by atoms with van der Waals surface area (Å²) in [5.74, 6) is 0.215. The van der Waals surface area contributed by atoms with Gasteiger partial charge in [-0.05, 0) is 40.5 Å². The zero-order valence-electron chi connectivity index (χ0n) is 9.96. The van der Waals surface area contributed by atoms with Crippen LogP contribution in [-0.2, 0) is 10.0 Å². The molecule has 0 aromatic carbocycles. The van der Waals surface area contributed by atoms with Crippen LogP contribution in [0.1, 0.15) is 5.56 Å². The Bertz CT molecular complexity index is 718. The Morgan fingerprint density at radius 1 is 1.26 bits per heavy atom. The van der Waals surface area contributed by atoms with Crippen molar-refractivity contribution in [3.63, 3.8) is 0 Å². The first-order valence-corrected chi connectivity index (χ1v) is 7.51. The summed E-state index contributed by atoms with van der Waals surface area (Å²) in [7, 11) is -3.71. The van der Waals surface area contributed by atoms with Crippen molar-refractivity contribution in [2.75, 3.05) is 10.5 Å². The number of nitrogens with one attached hydrogen (secondary N) is 1. The number of nitrogen functional groups attached to an aromatic ring is 1. The molecular formula is C11H11BrN4O2S. The van der Waals surface area contributed by atoms with Gasteiger partial charge in [0.25, 0.3) is 10.0 Å². The van der Waals surface area contributed by atoms with Gasteiger partial charge in [0.2, 0.25) is 0 Å². The zero-order valence-corrected chi connectivity index (χ0v) is 12.4. The maximum atomic E-state index is 12.1. The molecule has 0 saturated heterocycles. The average Bonchev–Trinajstić information content (AvgIpc) is 2.33. The van der Waals surface area contributed by atoms with E-state index in [1.807, 2.05) is 0 Å². The fraction of sp³-hybridized carbons (Fsp3) is 0.0909. The van der Waals surface area contributed by atoms with Crippen LogP contribution in [0.3, 0.4) is 0 Å². The second-order valence-corrected chi connectivity index (χ2v) is 6.47. The topological polar surface area (TPSA) is 98.0 Å². The minimum absolute atomic E-state index is 0.0538. The van der Waals surface area contributed by atoms with E-state index in [1.165, 1.54) is 24.7 Å². The molecule has 0 radical (unpaired) electrons. The van der Waals surface area contributed by atoms with Gasteiger partial charge >= 0.3 is 0 Å². The zero-order chi connectivity index (χ0) is 14.0. The van der Waals surface area contributed by atoms with Crippen molar-refractivity contribution in [1.82, 2.24) is 9.97 Å². The van der Waals surface area contributed by atoms with Crippen LogP contribution in [0.4, 0.5) is 11.5 Å². The molecule has 0 aliphatic rings. The third kappa shape index (κ3) is 3.21. The predicted molar refractivity (Wildman–Crippen MR) is 76.1 cm³/mol. The summed E-state index contributed by atoms with van der Waals surface area (Å²) in [4.78, 5) is 7.80. The highest BCUT2D eigenvalue weighted by atomic mass is 79.9. The number of aromatic nitrogens is 2. The van der Waals surface area contributed by atoms with Crippen molar-refractivity contribution in [2.45, 2.75) is 11.8 Å². The van der Waals surface area contributed by atoms with Crippen LogP contribution in [0.2, 0.25) is 0 Å². The van der Waals surface area contributed by atoms with Crippen LogP contribution in [-0.4, -0.2) is 18.4 Å². The number of aryl methyl sites for hydroxylation is 1. The van der Waals surface area contributed by atoms with Gasteiger partial charge in [-0.15, -0.1) is 0 Å². The molecule has 0 unspecified atom stereocenters. The van der Waals surface area contributed by atoms with Crippen LogP contribution in [0.15, 0.2) is 40.1 Å². The summed E-state index contributed by atoms with van der Waals surface area (Å²) in [6.45, 7) is 1.77. The monoisotopic (exact) mass is 342 g/mol. The Morgan fingerprint density at radius 3 is 2.63 bits per heavy atom. The average molecular weight is 343 g/mol. The molecule has 3 N–H and O–H groups in total. The molecule has 0 amide bonds. The van der Waals surface area contributed by atoms with E-state index in [9.17, 15) is 8.42 Å². The molecule has 100 valence electrons. The third-order valence-corrected chi connectivity index (χ3v) is 4.14. The van der Waals surface area contributed by atoms with Crippen LogP contribution < -0.4 is 10.5 Å². The minimum Gasteiger partial charge on any atom is -0.397 e. The highest BCUT2D eigenvalue weighted by molar-refractivity contribution is 9.10. The van der Waals surface area contributed by atoms with Crippen LogP contribution in [0.25, 0.3) is 0 Å². The molecule has 0 aliphatic carbocycles. The summed E-state index contributed by atoms with van der Waals surface area (Å²) >= 11 is 3.17. The number of nitrogens with zero attached hydrogens (tertiary/aromatic N) is 2. The number of hydrogen-bond donors (Lipinski definition) is 2. The Balaban J connectivity index is 2.33. The van der Waals surface area contributed by atoms with E-state index in [1.54, 1.807) is 13.0 Å². The lowest BCUT2D eigenvalue weighted by molar-refractivity contribution is 0.600. The maximum Gasteiger partial charge on any atom is 0.264 e. The lowest BCUT2D eigenvalue weighted by atomic mass is 10.2. The standard InChI is InChI=1S/C11H11BrN4O2S/c1-7-2-11(15-6-10(7)13)16-19(17,18)9-3-8(12)4-14-5-9/h2-6H,13H2,1H3,(H,15,16). The van der Waals surface area contributed by atoms with E-state index in [4.69, 9.17) is 5.73 Å². The molecule has 0 aliphatic heterocycles. The van der Waals surface area contributed by atoms with E-state index in [2.05, 4.69) is 30.6 Å². The van der Waals surface area contributed by atoms with Gasteiger partial charge < -0.3 is 5.73 Å². The summed E-state index contributed by atoms with van der Waals surface area (Å²) in [6.07, 6.45) is 4.17. The molecule has 2 aromatic heterocycles. The molecule has 19 heavy (non-hydrogen) atoms. The molecule has 2 rings (SSSR count). The van der Waals surface area contributed by atoms with Gasteiger partial charge in [0.05, 0.1) is 11.9 Å². The summed E-state index contributed by atoms with van der Waals surface area (Å²) in [5.41, 5.74) is 6.88. The number of rotatable bonds is 3. The quantitative estimate of drug-likeness (QED) is 0.887. The van der Waals surface area contributed by atoms with E-state index < -0.39 is 10.0 Å². The van der Waals surface area contributed by atoms with Crippen LogP contribution in [0, 0.1) is 6.92 Å². The van der Waals surface area contributed by atoms with Crippen LogP contribution in [0.5, 0.6) is 0 Å². The second-order valence-electron chi connectivity index (χ2n) is 3.87. The molecule has 0 atom stereocenters. The van der Waals surface area contributed by atoms with Crippen LogP contribution >= 0.6 is 15.9 Å². The summed E-state index contributed by atoms with van der Waals surface area (Å²) < 4.78 is 27.2. The second kappa shape index (κ2) is 5.14. The Kier molecular flexibility index (Phi) is 3.72. The molecule has 2 heterocycles. The van der Waals surface area contributed by atoms with Gasteiger partial charge in [0.15, 0.2) is 0 Å². The van der Waals surface area contributed by atoms with Gasteiger partial charge in [0, 0.05) is 16.9 Å². The normalized spacial score (nSPS) is 11.3. The van der Waals surface area contributed by atoms with Gasteiger partial charge in [0.1, 0.15) is 10.7 Å². The number of hydrogen-bond acceptors (Lipinski definition) is 5. The highest BCUT2D eigenvalue weighted by Crippen LogP contribution is 2.19. The van der Waals surface area contributed by atoms with Crippen molar-refractivity contribution in [1.29, 1.82) is 0 Å². The predicted octanol–water partition coefficient (Wildman–Crippen LogP) is 1.93. The Morgan fingerprint density at radius 2 is 2.00 bits per heavy atom. The molecule has 6 nitrogen and oxygen atoms in total. The largest absolute Gasteiger partial charge is 0.397 e. The summed E-state index contributed by atoms with van der Waals surface area (Å²) in [6, 6.07) is 3.03. The first-order valence-electron chi connectivity index (χ1n) is 5.24. The Hall–Kier alpha value is -1.67. The van der Waals surface area contributed by atoms with Gasteiger partial charge in [-0.25, -0.2) is 13.4 Å². The maximum absolute atomic E-state index is 12.1. The highest BCUT2D eigenvalue weighted by Gasteiger charge is 2.16. The Labute approximate surface area is 119 Å². The van der Waals surface area contributed by atoms with Crippen molar-refractivity contribution in [3.05, 3.63) is 40.8 Å². The minimum atomic E-state index is -3.71. The van der Waals surface area contributed by atoms with Gasteiger partial charge in [-0.3, -0.25) is 9.71 Å². The molecule has 0 fully saturated rings. The fourth-order valence-corrected chi connectivity index (χ4v) is 2.86.